The maximum atomic E-state index is 12.9. The highest BCUT2D eigenvalue weighted by Gasteiger charge is 2.29. The fourth-order valence-corrected chi connectivity index (χ4v) is 4.04. The first-order valence-corrected chi connectivity index (χ1v) is 8.58. The van der Waals surface area contributed by atoms with Crippen molar-refractivity contribution in [3.05, 3.63) is 58.6 Å². The van der Waals surface area contributed by atoms with E-state index in [-0.39, 0.29) is 14.9 Å². The Bertz CT molecular complexity index is 813. The predicted molar refractivity (Wildman–Crippen MR) is 89.8 cm³/mol. The Kier molecular flexibility index (Phi) is 5.48. The molecule has 0 bridgehead atoms. The van der Waals surface area contributed by atoms with Crippen molar-refractivity contribution in [3.8, 4) is 0 Å². The summed E-state index contributed by atoms with van der Waals surface area (Å²) in [7, 11) is -4.11. The molecule has 122 valence electrons. The first-order chi connectivity index (χ1) is 10.9. The van der Waals surface area contributed by atoms with Gasteiger partial charge in [0, 0.05) is 5.02 Å². The lowest BCUT2D eigenvalue weighted by Gasteiger charge is -2.24. The average molecular weight is 374 g/mol. The number of hydrogen-bond acceptors (Lipinski definition) is 4. The number of hydrazine groups is 1. The highest BCUT2D eigenvalue weighted by atomic mass is 35.5. The zero-order chi connectivity index (χ0) is 17.0. The maximum Gasteiger partial charge on any atom is 0.266 e. The third-order valence-corrected chi connectivity index (χ3v) is 5.44. The van der Waals surface area contributed by atoms with Gasteiger partial charge in [-0.15, -0.1) is 0 Å². The minimum atomic E-state index is -4.11. The average Bonchev–Trinajstić information content (AvgIpc) is 2.55. The monoisotopic (exact) mass is 373 g/mol. The van der Waals surface area contributed by atoms with E-state index in [0.717, 1.165) is 4.31 Å². The molecular formula is C14H13Cl2N3O3S. The van der Waals surface area contributed by atoms with Crippen LogP contribution >= 0.6 is 23.2 Å². The van der Waals surface area contributed by atoms with Crippen LogP contribution in [0.15, 0.2) is 53.4 Å². The summed E-state index contributed by atoms with van der Waals surface area (Å²) in [5.74, 6) is 4.40. The Morgan fingerprint density at radius 1 is 1.13 bits per heavy atom. The fraction of sp³-hybridized carbons (Fsp3) is 0.0714. The normalized spacial score (nSPS) is 11.1. The molecule has 2 aromatic carbocycles. The molecule has 1 amide bonds. The molecular weight excluding hydrogens is 361 g/mol. The summed E-state index contributed by atoms with van der Waals surface area (Å²) in [4.78, 5) is 11.4. The van der Waals surface area contributed by atoms with Crippen LogP contribution < -0.4 is 15.6 Å². The summed E-state index contributed by atoms with van der Waals surface area (Å²) < 4.78 is 26.7. The van der Waals surface area contributed by atoms with Crippen molar-refractivity contribution in [2.45, 2.75) is 4.90 Å². The van der Waals surface area contributed by atoms with E-state index < -0.39 is 22.5 Å². The van der Waals surface area contributed by atoms with Crippen molar-refractivity contribution < 1.29 is 13.2 Å². The zero-order valence-electron chi connectivity index (χ0n) is 11.7. The van der Waals surface area contributed by atoms with Crippen LogP contribution in [0.4, 0.5) is 5.69 Å². The van der Waals surface area contributed by atoms with Gasteiger partial charge in [-0.05, 0) is 30.3 Å². The maximum absolute atomic E-state index is 12.9. The van der Waals surface area contributed by atoms with E-state index in [0.29, 0.717) is 5.69 Å². The Morgan fingerprint density at radius 3 is 2.39 bits per heavy atom. The summed E-state index contributed by atoms with van der Waals surface area (Å²) in [6, 6.07) is 12.2. The predicted octanol–water partition coefficient (Wildman–Crippen LogP) is 2.18. The van der Waals surface area contributed by atoms with Crippen molar-refractivity contribution in [3.63, 3.8) is 0 Å². The van der Waals surface area contributed by atoms with Crippen LogP contribution in [0.2, 0.25) is 10.0 Å². The van der Waals surface area contributed by atoms with Crippen molar-refractivity contribution in [2.75, 3.05) is 10.8 Å². The molecule has 9 heteroatoms. The topological polar surface area (TPSA) is 92.5 Å². The molecule has 0 aromatic heterocycles. The van der Waals surface area contributed by atoms with E-state index in [1.807, 2.05) is 5.43 Å². The molecule has 2 aromatic rings. The Morgan fingerprint density at radius 2 is 1.78 bits per heavy atom. The van der Waals surface area contributed by atoms with Gasteiger partial charge >= 0.3 is 0 Å². The molecule has 0 aliphatic carbocycles. The number of carbonyl (C=O) groups is 1. The first-order valence-electron chi connectivity index (χ1n) is 6.38. The van der Waals surface area contributed by atoms with Gasteiger partial charge in [-0.1, -0.05) is 41.4 Å². The Labute approximate surface area is 143 Å². The molecule has 0 saturated heterocycles. The second kappa shape index (κ2) is 7.18. The molecule has 0 radical (unpaired) electrons. The van der Waals surface area contributed by atoms with Gasteiger partial charge in [0.1, 0.15) is 11.4 Å². The van der Waals surface area contributed by atoms with Gasteiger partial charge in [0.05, 0.1) is 10.7 Å². The summed E-state index contributed by atoms with van der Waals surface area (Å²) in [5.41, 5.74) is 2.21. The van der Waals surface area contributed by atoms with E-state index >= 15 is 0 Å². The first kappa shape index (κ1) is 17.6. The van der Waals surface area contributed by atoms with Crippen LogP contribution in [0.1, 0.15) is 0 Å². The minimum absolute atomic E-state index is 0.00323. The number of nitrogens with one attached hydrogen (secondary N) is 1. The zero-order valence-corrected chi connectivity index (χ0v) is 14.1. The number of rotatable bonds is 5. The number of nitrogens with two attached hydrogens (primary N) is 1. The molecule has 0 atom stereocenters. The lowest BCUT2D eigenvalue weighted by atomic mass is 10.3. The Balaban J connectivity index is 2.57. The van der Waals surface area contributed by atoms with Gasteiger partial charge in [-0.3, -0.25) is 14.5 Å². The van der Waals surface area contributed by atoms with E-state index in [1.54, 1.807) is 30.3 Å². The molecule has 2 rings (SSSR count). The second-order valence-corrected chi connectivity index (χ2v) is 7.16. The minimum Gasteiger partial charge on any atom is -0.293 e. The number of benzene rings is 2. The standard InChI is InChI=1S/C14H13Cl2N3O3S/c15-10-6-7-12(16)13(8-10)23(21,22)19(9-14(20)18-17)11-4-2-1-3-5-11/h1-8H,9,17H2,(H,18,20). The Hall–Kier alpha value is -1.80. The number of carbonyl (C=O) groups excluding carboxylic acids is 1. The van der Waals surface area contributed by atoms with E-state index in [4.69, 9.17) is 29.0 Å². The van der Waals surface area contributed by atoms with Crippen LogP contribution in [0.5, 0.6) is 0 Å². The third kappa shape index (κ3) is 3.94. The summed E-state index contributed by atoms with van der Waals surface area (Å²) in [6.07, 6.45) is 0. The number of halogens is 2. The van der Waals surface area contributed by atoms with Crippen LogP contribution in [0, 0.1) is 0 Å². The molecule has 0 heterocycles. The number of sulfonamides is 1. The van der Waals surface area contributed by atoms with E-state index in [1.165, 1.54) is 18.2 Å². The summed E-state index contributed by atoms with van der Waals surface area (Å²) in [6.45, 7) is -0.494. The van der Waals surface area contributed by atoms with Crippen molar-refractivity contribution >= 4 is 44.8 Å². The van der Waals surface area contributed by atoms with Crippen LogP contribution in [-0.4, -0.2) is 20.9 Å². The molecule has 0 aliphatic heterocycles. The lowest BCUT2D eigenvalue weighted by molar-refractivity contribution is -0.119. The van der Waals surface area contributed by atoms with Crippen molar-refractivity contribution in [2.24, 2.45) is 5.84 Å². The van der Waals surface area contributed by atoms with Gasteiger partial charge in [0.15, 0.2) is 0 Å². The number of anilines is 1. The lowest BCUT2D eigenvalue weighted by Crippen LogP contribution is -2.43. The highest BCUT2D eigenvalue weighted by Crippen LogP contribution is 2.30. The number of hydrogen-bond donors (Lipinski definition) is 2. The van der Waals surface area contributed by atoms with Gasteiger partial charge in [0.2, 0.25) is 0 Å². The van der Waals surface area contributed by atoms with Gasteiger partial charge in [0.25, 0.3) is 15.9 Å². The van der Waals surface area contributed by atoms with Crippen LogP contribution in [0.3, 0.4) is 0 Å². The van der Waals surface area contributed by atoms with Gasteiger partial charge in [-0.2, -0.15) is 0 Å². The molecule has 0 spiro atoms. The number of para-hydroxylation sites is 1. The largest absolute Gasteiger partial charge is 0.293 e. The second-order valence-electron chi connectivity index (χ2n) is 4.49. The van der Waals surface area contributed by atoms with Crippen molar-refractivity contribution in [1.29, 1.82) is 0 Å². The van der Waals surface area contributed by atoms with Crippen LogP contribution in [0.25, 0.3) is 0 Å². The molecule has 3 N–H and O–H groups in total. The van der Waals surface area contributed by atoms with E-state index in [2.05, 4.69) is 0 Å². The molecule has 0 fully saturated rings. The van der Waals surface area contributed by atoms with Crippen LogP contribution in [-0.2, 0) is 14.8 Å². The smallest absolute Gasteiger partial charge is 0.266 e. The van der Waals surface area contributed by atoms with Gasteiger partial charge < -0.3 is 0 Å². The molecule has 0 saturated carbocycles. The van der Waals surface area contributed by atoms with Crippen molar-refractivity contribution in [1.82, 2.24) is 5.43 Å². The summed E-state index contributed by atoms with van der Waals surface area (Å²) >= 11 is 11.9. The molecule has 23 heavy (non-hydrogen) atoms. The summed E-state index contributed by atoms with van der Waals surface area (Å²) in [5, 5.41) is 0.216. The van der Waals surface area contributed by atoms with E-state index in [9.17, 15) is 13.2 Å². The fourth-order valence-electron chi connectivity index (χ4n) is 1.88. The number of amides is 1. The molecule has 6 nitrogen and oxygen atoms in total. The SMILES string of the molecule is NNC(=O)CN(c1ccccc1)S(=O)(=O)c1cc(Cl)ccc1Cl. The van der Waals surface area contributed by atoms with Gasteiger partial charge in [-0.25, -0.2) is 14.3 Å². The number of nitrogens with zero attached hydrogens (tertiary/aromatic N) is 1. The molecule has 0 aliphatic rings. The third-order valence-electron chi connectivity index (χ3n) is 2.95. The molecule has 0 unspecified atom stereocenters. The highest BCUT2D eigenvalue weighted by molar-refractivity contribution is 7.93. The quantitative estimate of drug-likeness (QED) is 0.477.